The molecule has 0 aromatic rings. The van der Waals surface area contributed by atoms with Crippen molar-refractivity contribution in [1.82, 2.24) is 10.2 Å². The van der Waals surface area contributed by atoms with Crippen molar-refractivity contribution in [3.8, 4) is 0 Å². The predicted octanol–water partition coefficient (Wildman–Crippen LogP) is 1.73. The van der Waals surface area contributed by atoms with Crippen molar-refractivity contribution in [3.05, 3.63) is 0 Å². The van der Waals surface area contributed by atoms with Gasteiger partial charge < -0.3 is 15.0 Å². The maximum atomic E-state index is 5.71. The quantitative estimate of drug-likeness (QED) is 0.813. The standard InChI is InChI=1S/C14H28N2O/c1-12-8-15-9-13(2)11-16(10-12)6-5-14-4-3-7-17-14/h12-15H,3-11H2,1-2H3. The van der Waals surface area contributed by atoms with Crippen LogP contribution in [0.2, 0.25) is 0 Å². The number of nitrogens with one attached hydrogen (secondary N) is 1. The lowest BCUT2D eigenvalue weighted by atomic mass is 10.0. The molecular formula is C14H28N2O. The summed E-state index contributed by atoms with van der Waals surface area (Å²) in [5.74, 6) is 1.54. The minimum Gasteiger partial charge on any atom is -0.378 e. The Labute approximate surface area is 106 Å². The second-order valence-electron chi connectivity index (χ2n) is 6.05. The fourth-order valence-electron chi connectivity index (χ4n) is 3.04. The minimum atomic E-state index is 0.546. The molecule has 3 heteroatoms. The van der Waals surface area contributed by atoms with Crippen LogP contribution < -0.4 is 5.32 Å². The van der Waals surface area contributed by atoms with Gasteiger partial charge in [-0.05, 0) is 44.2 Å². The van der Waals surface area contributed by atoms with Gasteiger partial charge in [0.25, 0.3) is 0 Å². The molecule has 0 aliphatic carbocycles. The molecule has 3 atom stereocenters. The van der Waals surface area contributed by atoms with E-state index < -0.39 is 0 Å². The van der Waals surface area contributed by atoms with Gasteiger partial charge in [0.15, 0.2) is 0 Å². The molecule has 2 fully saturated rings. The first kappa shape index (κ1) is 13.3. The van der Waals surface area contributed by atoms with E-state index in [0.29, 0.717) is 6.10 Å². The van der Waals surface area contributed by atoms with Gasteiger partial charge in [-0.3, -0.25) is 0 Å². The van der Waals surface area contributed by atoms with Gasteiger partial charge in [-0.15, -0.1) is 0 Å². The first-order valence-electron chi connectivity index (χ1n) is 7.28. The number of hydrogen-bond acceptors (Lipinski definition) is 3. The molecule has 2 aliphatic heterocycles. The lowest BCUT2D eigenvalue weighted by molar-refractivity contribution is 0.0851. The molecule has 0 saturated carbocycles. The van der Waals surface area contributed by atoms with Crippen LogP contribution in [0.1, 0.15) is 33.1 Å². The van der Waals surface area contributed by atoms with Crippen molar-refractivity contribution >= 4 is 0 Å². The second kappa shape index (κ2) is 6.72. The summed E-state index contributed by atoms with van der Waals surface area (Å²) in [6.45, 7) is 11.7. The zero-order valence-electron chi connectivity index (χ0n) is 11.5. The highest BCUT2D eigenvalue weighted by Crippen LogP contribution is 2.17. The van der Waals surface area contributed by atoms with Gasteiger partial charge in [0.2, 0.25) is 0 Å². The Kier molecular flexibility index (Phi) is 5.26. The summed E-state index contributed by atoms with van der Waals surface area (Å²) >= 11 is 0. The van der Waals surface area contributed by atoms with Gasteiger partial charge in [-0.2, -0.15) is 0 Å². The smallest absolute Gasteiger partial charge is 0.0588 e. The Morgan fingerprint density at radius 3 is 2.47 bits per heavy atom. The number of ether oxygens (including phenoxy) is 1. The van der Waals surface area contributed by atoms with E-state index in [2.05, 4.69) is 24.1 Å². The Bertz CT molecular complexity index is 204. The molecule has 0 radical (unpaired) electrons. The van der Waals surface area contributed by atoms with E-state index in [-0.39, 0.29) is 0 Å². The van der Waals surface area contributed by atoms with Crippen LogP contribution in [0.5, 0.6) is 0 Å². The summed E-state index contributed by atoms with van der Waals surface area (Å²) < 4.78 is 5.71. The SMILES string of the molecule is CC1CNCC(C)CN(CCC2CCCO2)C1. The van der Waals surface area contributed by atoms with Crippen LogP contribution in [0.4, 0.5) is 0 Å². The van der Waals surface area contributed by atoms with Crippen molar-refractivity contribution in [2.45, 2.75) is 39.2 Å². The van der Waals surface area contributed by atoms with Crippen molar-refractivity contribution in [2.75, 3.05) is 39.3 Å². The summed E-state index contributed by atoms with van der Waals surface area (Å²) in [7, 11) is 0. The normalized spacial score (nSPS) is 36.7. The van der Waals surface area contributed by atoms with Gasteiger partial charge in [-0.25, -0.2) is 0 Å². The van der Waals surface area contributed by atoms with Crippen molar-refractivity contribution in [2.24, 2.45) is 11.8 Å². The molecule has 17 heavy (non-hydrogen) atoms. The summed E-state index contributed by atoms with van der Waals surface area (Å²) in [5, 5.41) is 3.55. The molecular weight excluding hydrogens is 212 g/mol. The van der Waals surface area contributed by atoms with E-state index >= 15 is 0 Å². The highest BCUT2D eigenvalue weighted by atomic mass is 16.5. The minimum absolute atomic E-state index is 0.546. The molecule has 2 rings (SSSR count). The summed E-state index contributed by atoms with van der Waals surface area (Å²) in [6.07, 6.45) is 4.32. The predicted molar refractivity (Wildman–Crippen MR) is 71.2 cm³/mol. The topological polar surface area (TPSA) is 24.5 Å². The fourth-order valence-corrected chi connectivity index (χ4v) is 3.04. The first-order chi connectivity index (χ1) is 8.24. The van der Waals surface area contributed by atoms with E-state index in [1.54, 1.807) is 0 Å². The van der Waals surface area contributed by atoms with Crippen LogP contribution in [-0.4, -0.2) is 50.3 Å². The second-order valence-corrected chi connectivity index (χ2v) is 6.05. The molecule has 3 unspecified atom stereocenters. The molecule has 0 amide bonds. The first-order valence-corrected chi connectivity index (χ1v) is 7.28. The van der Waals surface area contributed by atoms with Crippen molar-refractivity contribution < 1.29 is 4.74 Å². The summed E-state index contributed by atoms with van der Waals surface area (Å²) in [5.41, 5.74) is 0. The van der Waals surface area contributed by atoms with E-state index in [1.165, 1.54) is 52.0 Å². The molecule has 100 valence electrons. The molecule has 0 aromatic carbocycles. The van der Waals surface area contributed by atoms with Gasteiger partial charge in [0, 0.05) is 26.2 Å². The molecule has 1 N–H and O–H groups in total. The molecule has 2 saturated heterocycles. The average molecular weight is 240 g/mol. The van der Waals surface area contributed by atoms with Crippen LogP contribution in [0.15, 0.2) is 0 Å². The highest BCUT2D eigenvalue weighted by Gasteiger charge is 2.20. The Balaban J connectivity index is 1.74. The van der Waals surface area contributed by atoms with Gasteiger partial charge in [0.1, 0.15) is 0 Å². The van der Waals surface area contributed by atoms with Crippen LogP contribution >= 0.6 is 0 Å². The molecule has 3 nitrogen and oxygen atoms in total. The van der Waals surface area contributed by atoms with Gasteiger partial charge in [0.05, 0.1) is 6.10 Å². The van der Waals surface area contributed by atoms with Crippen molar-refractivity contribution in [1.29, 1.82) is 0 Å². The van der Waals surface area contributed by atoms with Crippen LogP contribution in [0.3, 0.4) is 0 Å². The Hall–Kier alpha value is -0.120. The van der Waals surface area contributed by atoms with Crippen LogP contribution in [0.25, 0.3) is 0 Å². The Morgan fingerprint density at radius 2 is 1.88 bits per heavy atom. The third-order valence-electron chi connectivity index (χ3n) is 3.92. The largest absolute Gasteiger partial charge is 0.378 e. The van der Waals surface area contributed by atoms with E-state index in [4.69, 9.17) is 4.74 Å². The Morgan fingerprint density at radius 1 is 1.18 bits per heavy atom. The number of nitrogens with zero attached hydrogens (tertiary/aromatic N) is 1. The molecule has 0 spiro atoms. The molecule has 2 aliphatic rings. The monoisotopic (exact) mass is 240 g/mol. The zero-order chi connectivity index (χ0) is 12.1. The summed E-state index contributed by atoms with van der Waals surface area (Å²) in [6, 6.07) is 0. The van der Waals surface area contributed by atoms with Crippen molar-refractivity contribution in [3.63, 3.8) is 0 Å². The summed E-state index contributed by atoms with van der Waals surface area (Å²) in [4.78, 5) is 2.65. The number of hydrogen-bond donors (Lipinski definition) is 1. The zero-order valence-corrected chi connectivity index (χ0v) is 11.5. The third-order valence-corrected chi connectivity index (χ3v) is 3.92. The lowest BCUT2D eigenvalue weighted by Gasteiger charge is -2.32. The van der Waals surface area contributed by atoms with Crippen LogP contribution in [0, 0.1) is 11.8 Å². The van der Waals surface area contributed by atoms with E-state index in [0.717, 1.165) is 18.4 Å². The molecule has 2 heterocycles. The lowest BCUT2D eigenvalue weighted by Crippen LogP contribution is -2.43. The highest BCUT2D eigenvalue weighted by molar-refractivity contribution is 4.75. The number of rotatable bonds is 3. The van der Waals surface area contributed by atoms with E-state index in [9.17, 15) is 0 Å². The molecule has 0 bridgehead atoms. The molecule has 0 aromatic heterocycles. The van der Waals surface area contributed by atoms with Gasteiger partial charge >= 0.3 is 0 Å². The van der Waals surface area contributed by atoms with Crippen LogP contribution in [-0.2, 0) is 4.74 Å². The third kappa shape index (κ3) is 4.57. The van der Waals surface area contributed by atoms with Gasteiger partial charge in [-0.1, -0.05) is 13.8 Å². The average Bonchev–Trinajstić information content (AvgIpc) is 2.76. The maximum absolute atomic E-state index is 5.71. The maximum Gasteiger partial charge on any atom is 0.0588 e. The van der Waals surface area contributed by atoms with E-state index in [1.807, 2.05) is 0 Å². The fraction of sp³-hybridized carbons (Fsp3) is 1.00.